The maximum Gasteiger partial charge on any atom is 0.277 e. The van der Waals surface area contributed by atoms with E-state index in [-0.39, 0.29) is 11.6 Å². The second-order valence-corrected chi connectivity index (χ2v) is 6.29. The van der Waals surface area contributed by atoms with Crippen LogP contribution in [-0.2, 0) is 18.3 Å². The van der Waals surface area contributed by atoms with Crippen molar-refractivity contribution in [1.29, 1.82) is 0 Å². The number of hydrogen-bond donors (Lipinski definition) is 1. The molecule has 0 atom stereocenters. The molecule has 3 rings (SSSR count). The predicted molar refractivity (Wildman–Crippen MR) is 93.4 cm³/mol. The largest absolute Gasteiger partial charge is 0.379 e. The summed E-state index contributed by atoms with van der Waals surface area (Å²) in [6.45, 7) is 6.08. The molecule has 0 saturated carbocycles. The molecule has 1 aliphatic heterocycles. The summed E-state index contributed by atoms with van der Waals surface area (Å²) in [5.74, 6) is -0.299. The standard InChI is InChI=1S/C17H21ClN4O2/c1-12-15(18)16(20-21(12)2)17(23)19-14-5-3-4-13(10-14)11-22-6-8-24-9-7-22/h3-5,10H,6-9,11H2,1-2H3,(H,19,23). The number of carbonyl (C=O) groups is 1. The van der Waals surface area contributed by atoms with Crippen molar-refractivity contribution in [2.75, 3.05) is 31.6 Å². The summed E-state index contributed by atoms with van der Waals surface area (Å²) >= 11 is 6.17. The summed E-state index contributed by atoms with van der Waals surface area (Å²) in [6, 6.07) is 7.85. The van der Waals surface area contributed by atoms with Crippen LogP contribution in [0.1, 0.15) is 21.7 Å². The van der Waals surface area contributed by atoms with E-state index in [0.29, 0.717) is 5.02 Å². The van der Waals surface area contributed by atoms with Crippen molar-refractivity contribution in [3.8, 4) is 0 Å². The first-order valence-corrected chi connectivity index (χ1v) is 8.32. The van der Waals surface area contributed by atoms with E-state index in [1.807, 2.05) is 25.1 Å². The molecule has 0 bridgehead atoms. The number of amides is 1. The molecule has 0 radical (unpaired) electrons. The van der Waals surface area contributed by atoms with Crippen LogP contribution >= 0.6 is 11.6 Å². The number of ether oxygens (including phenoxy) is 1. The Balaban J connectivity index is 1.69. The lowest BCUT2D eigenvalue weighted by molar-refractivity contribution is 0.0342. The fourth-order valence-electron chi connectivity index (χ4n) is 2.68. The Morgan fingerprint density at radius 1 is 1.38 bits per heavy atom. The van der Waals surface area contributed by atoms with E-state index in [1.165, 1.54) is 0 Å². The molecule has 2 aromatic rings. The minimum atomic E-state index is -0.299. The minimum absolute atomic E-state index is 0.246. The fraction of sp³-hybridized carbons (Fsp3) is 0.412. The molecule has 1 aromatic carbocycles. The van der Waals surface area contributed by atoms with Gasteiger partial charge in [-0.05, 0) is 24.6 Å². The number of benzene rings is 1. The summed E-state index contributed by atoms with van der Waals surface area (Å²) in [7, 11) is 1.76. The van der Waals surface area contributed by atoms with E-state index >= 15 is 0 Å². The molecule has 24 heavy (non-hydrogen) atoms. The summed E-state index contributed by atoms with van der Waals surface area (Å²) in [4.78, 5) is 14.7. The number of nitrogens with one attached hydrogen (secondary N) is 1. The zero-order chi connectivity index (χ0) is 17.1. The maximum atomic E-state index is 12.4. The SMILES string of the molecule is Cc1c(Cl)c(C(=O)Nc2cccc(CN3CCOCC3)c2)nn1C. The molecule has 0 aliphatic carbocycles. The molecule has 128 valence electrons. The Hall–Kier alpha value is -1.89. The van der Waals surface area contributed by atoms with Crippen molar-refractivity contribution < 1.29 is 9.53 Å². The number of morpholine rings is 1. The van der Waals surface area contributed by atoms with E-state index in [0.717, 1.165) is 49.8 Å². The summed E-state index contributed by atoms with van der Waals surface area (Å²) in [5.41, 5.74) is 2.90. The molecule has 1 aromatic heterocycles. The Kier molecular flexibility index (Phi) is 5.18. The monoisotopic (exact) mass is 348 g/mol. The van der Waals surface area contributed by atoms with Gasteiger partial charge in [0.2, 0.25) is 0 Å². The third kappa shape index (κ3) is 3.77. The number of halogens is 1. The van der Waals surface area contributed by atoms with Gasteiger partial charge in [-0.25, -0.2) is 0 Å². The first-order valence-electron chi connectivity index (χ1n) is 7.94. The summed E-state index contributed by atoms with van der Waals surface area (Å²) < 4.78 is 6.97. The van der Waals surface area contributed by atoms with Crippen LogP contribution < -0.4 is 5.32 Å². The van der Waals surface area contributed by atoms with Crippen LogP contribution in [0.15, 0.2) is 24.3 Å². The number of hydrogen-bond acceptors (Lipinski definition) is 4. The second-order valence-electron chi connectivity index (χ2n) is 5.91. The normalized spacial score (nSPS) is 15.5. The topological polar surface area (TPSA) is 59.4 Å². The molecule has 1 amide bonds. The van der Waals surface area contributed by atoms with E-state index in [4.69, 9.17) is 16.3 Å². The van der Waals surface area contributed by atoms with Crippen molar-refractivity contribution in [1.82, 2.24) is 14.7 Å². The van der Waals surface area contributed by atoms with E-state index in [1.54, 1.807) is 11.7 Å². The number of anilines is 1. The third-order valence-electron chi connectivity index (χ3n) is 4.17. The van der Waals surface area contributed by atoms with Crippen molar-refractivity contribution in [3.05, 3.63) is 46.2 Å². The molecule has 7 heteroatoms. The first-order chi connectivity index (χ1) is 11.5. The van der Waals surface area contributed by atoms with Crippen molar-refractivity contribution in [3.63, 3.8) is 0 Å². The van der Waals surface area contributed by atoms with E-state index in [9.17, 15) is 4.79 Å². The van der Waals surface area contributed by atoms with Crippen LogP contribution in [0.5, 0.6) is 0 Å². The second kappa shape index (κ2) is 7.34. The molecule has 1 fully saturated rings. The Labute approximate surface area is 146 Å². The van der Waals surface area contributed by atoms with Gasteiger partial charge < -0.3 is 10.1 Å². The van der Waals surface area contributed by atoms with Crippen molar-refractivity contribution in [2.24, 2.45) is 7.05 Å². The molecular weight excluding hydrogens is 328 g/mol. The van der Waals surface area contributed by atoms with Gasteiger partial charge in [0.25, 0.3) is 5.91 Å². The molecular formula is C17H21ClN4O2. The van der Waals surface area contributed by atoms with Gasteiger partial charge in [-0.2, -0.15) is 5.10 Å². The molecule has 1 saturated heterocycles. The number of carbonyl (C=O) groups excluding carboxylic acids is 1. The van der Waals surface area contributed by atoms with Gasteiger partial charge in [-0.15, -0.1) is 0 Å². The van der Waals surface area contributed by atoms with Crippen LogP contribution in [0.4, 0.5) is 5.69 Å². The van der Waals surface area contributed by atoms with Crippen LogP contribution in [0.25, 0.3) is 0 Å². The van der Waals surface area contributed by atoms with Gasteiger partial charge in [0.05, 0.1) is 23.9 Å². The highest BCUT2D eigenvalue weighted by Gasteiger charge is 2.18. The molecule has 1 aliphatic rings. The van der Waals surface area contributed by atoms with Crippen LogP contribution in [-0.4, -0.2) is 46.9 Å². The average molecular weight is 349 g/mol. The highest BCUT2D eigenvalue weighted by molar-refractivity contribution is 6.34. The van der Waals surface area contributed by atoms with Crippen molar-refractivity contribution in [2.45, 2.75) is 13.5 Å². The third-order valence-corrected chi connectivity index (χ3v) is 4.62. The number of nitrogens with zero attached hydrogens (tertiary/aromatic N) is 3. The highest BCUT2D eigenvalue weighted by Crippen LogP contribution is 2.21. The Bertz CT molecular complexity index is 738. The van der Waals surface area contributed by atoms with Gasteiger partial charge in [0.15, 0.2) is 5.69 Å². The smallest absolute Gasteiger partial charge is 0.277 e. The lowest BCUT2D eigenvalue weighted by atomic mass is 10.1. The molecule has 1 N–H and O–H groups in total. The van der Waals surface area contributed by atoms with Gasteiger partial charge in [0.1, 0.15) is 0 Å². The van der Waals surface area contributed by atoms with Gasteiger partial charge in [-0.3, -0.25) is 14.4 Å². The lowest BCUT2D eigenvalue weighted by Gasteiger charge is -2.26. The summed E-state index contributed by atoms with van der Waals surface area (Å²) in [5, 5.41) is 7.44. The average Bonchev–Trinajstić information content (AvgIpc) is 2.84. The quantitative estimate of drug-likeness (QED) is 0.922. The zero-order valence-corrected chi connectivity index (χ0v) is 14.6. The fourth-order valence-corrected chi connectivity index (χ4v) is 2.93. The Morgan fingerprint density at radius 3 is 2.79 bits per heavy atom. The van der Waals surface area contributed by atoms with Gasteiger partial charge >= 0.3 is 0 Å². The first kappa shape index (κ1) is 17.0. The molecule has 0 unspecified atom stereocenters. The van der Waals surface area contributed by atoms with Crippen LogP contribution in [0, 0.1) is 6.92 Å². The minimum Gasteiger partial charge on any atom is -0.379 e. The lowest BCUT2D eigenvalue weighted by Crippen LogP contribution is -2.35. The number of aryl methyl sites for hydroxylation is 1. The zero-order valence-electron chi connectivity index (χ0n) is 13.9. The van der Waals surface area contributed by atoms with Crippen molar-refractivity contribution >= 4 is 23.2 Å². The van der Waals surface area contributed by atoms with Crippen LogP contribution in [0.3, 0.4) is 0 Å². The number of rotatable bonds is 4. The van der Waals surface area contributed by atoms with E-state index < -0.39 is 0 Å². The molecule has 0 spiro atoms. The van der Waals surface area contributed by atoms with Gasteiger partial charge in [0, 0.05) is 32.4 Å². The predicted octanol–water partition coefficient (Wildman–Crippen LogP) is 2.47. The molecule has 6 nitrogen and oxygen atoms in total. The highest BCUT2D eigenvalue weighted by atomic mass is 35.5. The van der Waals surface area contributed by atoms with Crippen LogP contribution in [0.2, 0.25) is 5.02 Å². The maximum absolute atomic E-state index is 12.4. The summed E-state index contributed by atoms with van der Waals surface area (Å²) in [6.07, 6.45) is 0. The Morgan fingerprint density at radius 2 is 2.12 bits per heavy atom. The van der Waals surface area contributed by atoms with Gasteiger partial charge in [-0.1, -0.05) is 23.7 Å². The van der Waals surface area contributed by atoms with E-state index in [2.05, 4.69) is 21.4 Å². The molecule has 2 heterocycles. The number of aromatic nitrogens is 2.